The van der Waals surface area contributed by atoms with Crippen molar-refractivity contribution in [3.05, 3.63) is 27.7 Å². The lowest BCUT2D eigenvalue weighted by atomic mass is 9.90. The van der Waals surface area contributed by atoms with Crippen LogP contribution in [0.15, 0.2) is 11.0 Å². The van der Waals surface area contributed by atoms with Gasteiger partial charge in [0.2, 0.25) is 0 Å². The summed E-state index contributed by atoms with van der Waals surface area (Å²) in [4.78, 5) is 13.4. The number of rotatable bonds is 3. The quantitative estimate of drug-likeness (QED) is 0.937. The SMILES string of the molecule is C[C@@]1(n2c(=O)c3c(c4cnn(CCC#N)c42)CCCC3)CCCN1. The number of hydrogen-bond acceptors (Lipinski definition) is 4. The van der Waals surface area contributed by atoms with Crippen molar-refractivity contribution in [2.75, 3.05) is 6.54 Å². The predicted octanol–water partition coefficient (Wildman–Crippen LogP) is 2.05. The van der Waals surface area contributed by atoms with Gasteiger partial charge >= 0.3 is 0 Å². The number of nitriles is 1. The van der Waals surface area contributed by atoms with Gasteiger partial charge in [0, 0.05) is 10.9 Å². The lowest BCUT2D eigenvalue weighted by Crippen LogP contribution is -2.47. The zero-order valence-corrected chi connectivity index (χ0v) is 14.1. The Hall–Kier alpha value is -2.13. The number of pyridine rings is 1. The fourth-order valence-corrected chi connectivity index (χ4v) is 4.34. The maximum atomic E-state index is 13.4. The average molecular weight is 325 g/mol. The lowest BCUT2D eigenvalue weighted by Gasteiger charge is -2.31. The topological polar surface area (TPSA) is 75.6 Å². The Kier molecular flexibility index (Phi) is 3.69. The summed E-state index contributed by atoms with van der Waals surface area (Å²) in [7, 11) is 0. The molecule has 1 fully saturated rings. The molecule has 0 radical (unpaired) electrons. The summed E-state index contributed by atoms with van der Waals surface area (Å²) < 4.78 is 3.78. The van der Waals surface area contributed by atoms with Gasteiger partial charge in [-0.2, -0.15) is 10.4 Å². The summed E-state index contributed by atoms with van der Waals surface area (Å²) >= 11 is 0. The number of nitrogens with one attached hydrogen (secondary N) is 1. The van der Waals surface area contributed by atoms with Gasteiger partial charge in [0.05, 0.1) is 30.9 Å². The van der Waals surface area contributed by atoms with Gasteiger partial charge in [-0.1, -0.05) is 0 Å². The standard InChI is InChI=1S/C18H23N5O/c1-18(8-4-10-20-18)23-16-15(12-21-22(16)11-5-9-19)13-6-2-3-7-14(13)17(23)24/h12,20H,2-8,10-11H2,1H3/t18-/m1/s1. The highest BCUT2D eigenvalue weighted by molar-refractivity contribution is 5.81. The first-order chi connectivity index (χ1) is 11.7. The second kappa shape index (κ2) is 5.75. The van der Waals surface area contributed by atoms with E-state index in [1.165, 1.54) is 5.56 Å². The van der Waals surface area contributed by atoms with Crippen molar-refractivity contribution in [2.24, 2.45) is 0 Å². The average Bonchev–Trinajstić information content (AvgIpc) is 3.21. The first-order valence-electron chi connectivity index (χ1n) is 8.90. The molecule has 4 rings (SSSR count). The Morgan fingerprint density at radius 3 is 2.83 bits per heavy atom. The molecule has 0 amide bonds. The van der Waals surface area contributed by atoms with E-state index in [4.69, 9.17) is 5.26 Å². The van der Waals surface area contributed by atoms with Crippen LogP contribution in [0.3, 0.4) is 0 Å². The normalized spacial score (nSPS) is 23.3. The Morgan fingerprint density at radius 1 is 1.33 bits per heavy atom. The molecule has 1 atom stereocenters. The molecular formula is C18H23N5O. The molecule has 0 bridgehead atoms. The summed E-state index contributed by atoms with van der Waals surface area (Å²) in [5.41, 5.74) is 2.80. The van der Waals surface area contributed by atoms with Gasteiger partial charge in [-0.3, -0.25) is 14.7 Å². The summed E-state index contributed by atoms with van der Waals surface area (Å²) in [6, 6.07) is 2.18. The first-order valence-corrected chi connectivity index (χ1v) is 8.90. The molecule has 0 saturated carbocycles. The van der Waals surface area contributed by atoms with E-state index in [1.54, 1.807) is 0 Å². The van der Waals surface area contributed by atoms with Crippen LogP contribution < -0.4 is 10.9 Å². The van der Waals surface area contributed by atoms with Crippen LogP contribution in [0.1, 0.15) is 50.2 Å². The number of nitrogens with zero attached hydrogens (tertiary/aromatic N) is 4. The lowest BCUT2D eigenvalue weighted by molar-refractivity contribution is 0.282. The molecule has 6 heteroatoms. The third kappa shape index (κ3) is 2.19. The van der Waals surface area contributed by atoms with Crippen LogP contribution in [0.4, 0.5) is 0 Å². The van der Waals surface area contributed by atoms with Crippen molar-refractivity contribution in [2.45, 2.75) is 64.1 Å². The van der Waals surface area contributed by atoms with Crippen LogP contribution in [-0.2, 0) is 25.0 Å². The predicted molar refractivity (Wildman–Crippen MR) is 91.7 cm³/mol. The molecule has 1 aliphatic heterocycles. The Bertz CT molecular complexity index is 879. The van der Waals surface area contributed by atoms with Crippen LogP contribution in [0, 0.1) is 11.3 Å². The smallest absolute Gasteiger partial charge is 0.257 e. The van der Waals surface area contributed by atoms with Crippen molar-refractivity contribution >= 4 is 11.0 Å². The molecule has 3 heterocycles. The summed E-state index contributed by atoms with van der Waals surface area (Å²) in [6.07, 6.45) is 8.32. The van der Waals surface area contributed by atoms with Crippen molar-refractivity contribution in [3.63, 3.8) is 0 Å². The summed E-state index contributed by atoms with van der Waals surface area (Å²) in [6.45, 7) is 3.56. The van der Waals surface area contributed by atoms with Gasteiger partial charge in [-0.05, 0) is 57.6 Å². The molecule has 2 aliphatic rings. The number of hydrogen-bond donors (Lipinski definition) is 1. The second-order valence-electron chi connectivity index (χ2n) is 7.12. The van der Waals surface area contributed by atoms with Gasteiger partial charge in [0.15, 0.2) is 0 Å². The third-order valence-electron chi connectivity index (χ3n) is 5.55. The van der Waals surface area contributed by atoms with E-state index >= 15 is 0 Å². The van der Waals surface area contributed by atoms with Gasteiger partial charge in [0.25, 0.3) is 5.56 Å². The van der Waals surface area contributed by atoms with E-state index in [0.29, 0.717) is 13.0 Å². The number of fused-ring (bicyclic) bond motifs is 3. The molecule has 24 heavy (non-hydrogen) atoms. The molecule has 0 aromatic carbocycles. The number of aryl methyl sites for hydroxylation is 2. The van der Waals surface area contributed by atoms with Gasteiger partial charge in [-0.15, -0.1) is 0 Å². The van der Waals surface area contributed by atoms with Crippen LogP contribution >= 0.6 is 0 Å². The third-order valence-corrected chi connectivity index (χ3v) is 5.55. The highest BCUT2D eigenvalue weighted by Gasteiger charge is 2.35. The molecule has 0 spiro atoms. The van der Waals surface area contributed by atoms with E-state index in [-0.39, 0.29) is 11.2 Å². The van der Waals surface area contributed by atoms with E-state index < -0.39 is 0 Å². The maximum absolute atomic E-state index is 13.4. The molecule has 0 unspecified atom stereocenters. The largest absolute Gasteiger partial charge is 0.295 e. The number of aromatic nitrogens is 3. The van der Waals surface area contributed by atoms with E-state index in [0.717, 1.165) is 61.7 Å². The molecule has 1 saturated heterocycles. The van der Waals surface area contributed by atoms with Crippen LogP contribution in [0.2, 0.25) is 0 Å². The molecule has 1 aliphatic carbocycles. The molecular weight excluding hydrogens is 302 g/mol. The molecule has 1 N–H and O–H groups in total. The molecule has 2 aromatic heterocycles. The molecule has 2 aromatic rings. The van der Waals surface area contributed by atoms with Crippen LogP contribution in [-0.4, -0.2) is 20.9 Å². The Labute approximate surface area is 141 Å². The fraction of sp³-hybridized carbons (Fsp3) is 0.611. The van der Waals surface area contributed by atoms with E-state index in [2.05, 4.69) is 23.4 Å². The Morgan fingerprint density at radius 2 is 2.12 bits per heavy atom. The zero-order chi connectivity index (χ0) is 16.7. The van der Waals surface area contributed by atoms with Crippen molar-refractivity contribution in [1.82, 2.24) is 19.7 Å². The van der Waals surface area contributed by atoms with Crippen molar-refractivity contribution in [1.29, 1.82) is 5.26 Å². The first kappa shape index (κ1) is 15.4. The fourth-order valence-electron chi connectivity index (χ4n) is 4.34. The monoisotopic (exact) mass is 325 g/mol. The minimum Gasteiger partial charge on any atom is -0.295 e. The van der Waals surface area contributed by atoms with Gasteiger partial charge in [0.1, 0.15) is 5.65 Å². The second-order valence-corrected chi connectivity index (χ2v) is 7.12. The van der Waals surface area contributed by atoms with E-state index in [1.807, 2.05) is 15.4 Å². The minimum atomic E-state index is -0.369. The highest BCUT2D eigenvalue weighted by Crippen LogP contribution is 2.32. The Balaban J connectivity index is 2.04. The molecule has 126 valence electrons. The highest BCUT2D eigenvalue weighted by atomic mass is 16.1. The van der Waals surface area contributed by atoms with Crippen LogP contribution in [0.5, 0.6) is 0 Å². The van der Waals surface area contributed by atoms with Crippen molar-refractivity contribution in [3.8, 4) is 6.07 Å². The zero-order valence-electron chi connectivity index (χ0n) is 14.1. The van der Waals surface area contributed by atoms with Crippen molar-refractivity contribution < 1.29 is 0 Å². The minimum absolute atomic E-state index is 0.132. The maximum Gasteiger partial charge on any atom is 0.257 e. The van der Waals surface area contributed by atoms with Gasteiger partial charge < -0.3 is 0 Å². The summed E-state index contributed by atoms with van der Waals surface area (Å²) in [5.74, 6) is 0. The van der Waals surface area contributed by atoms with E-state index in [9.17, 15) is 4.79 Å². The molecule has 6 nitrogen and oxygen atoms in total. The summed E-state index contributed by atoms with van der Waals surface area (Å²) in [5, 5.41) is 18.1. The van der Waals surface area contributed by atoms with Crippen LogP contribution in [0.25, 0.3) is 11.0 Å². The van der Waals surface area contributed by atoms with Gasteiger partial charge in [-0.25, -0.2) is 4.68 Å².